The van der Waals surface area contributed by atoms with Crippen LogP contribution >= 0.6 is 15.9 Å². The van der Waals surface area contributed by atoms with Crippen LogP contribution in [0.3, 0.4) is 0 Å². The lowest BCUT2D eigenvalue weighted by Crippen LogP contribution is -2.38. The number of hydrogen-bond donors (Lipinski definition) is 3. The van der Waals surface area contributed by atoms with Gasteiger partial charge in [0.25, 0.3) is 0 Å². The van der Waals surface area contributed by atoms with Gasteiger partial charge in [0.2, 0.25) is 0 Å². The molecular formula is C15H22BrNO5. The fourth-order valence-corrected chi connectivity index (χ4v) is 2.26. The van der Waals surface area contributed by atoms with Crippen molar-refractivity contribution in [2.75, 3.05) is 13.7 Å². The van der Waals surface area contributed by atoms with Crippen LogP contribution < -0.4 is 10.1 Å². The van der Waals surface area contributed by atoms with Crippen LogP contribution in [-0.2, 0) is 4.74 Å². The molecule has 3 N–H and O–H groups in total. The summed E-state index contributed by atoms with van der Waals surface area (Å²) in [5.74, 6) is 0.623. The highest BCUT2D eigenvalue weighted by atomic mass is 79.9. The summed E-state index contributed by atoms with van der Waals surface area (Å²) in [6.45, 7) is 5.10. The molecule has 22 heavy (non-hydrogen) atoms. The van der Waals surface area contributed by atoms with Crippen molar-refractivity contribution in [1.29, 1.82) is 0 Å². The summed E-state index contributed by atoms with van der Waals surface area (Å²) in [5, 5.41) is 22.5. The average Bonchev–Trinajstić information content (AvgIpc) is 2.42. The highest BCUT2D eigenvalue weighted by Gasteiger charge is 2.22. The predicted molar refractivity (Wildman–Crippen MR) is 85.9 cm³/mol. The molecule has 0 radical (unpaired) electrons. The molecule has 1 amide bonds. The maximum Gasteiger partial charge on any atom is 0.407 e. The van der Waals surface area contributed by atoms with Crippen LogP contribution in [0, 0.1) is 0 Å². The topological polar surface area (TPSA) is 88.0 Å². The molecule has 0 aliphatic carbocycles. The van der Waals surface area contributed by atoms with Crippen molar-refractivity contribution in [1.82, 2.24) is 5.32 Å². The second-order valence-electron chi connectivity index (χ2n) is 5.79. The molecule has 0 aliphatic rings. The third kappa shape index (κ3) is 5.82. The van der Waals surface area contributed by atoms with E-state index in [1.165, 1.54) is 7.11 Å². The Morgan fingerprint density at radius 3 is 2.50 bits per heavy atom. The molecule has 0 bridgehead atoms. The van der Waals surface area contributed by atoms with Crippen molar-refractivity contribution in [2.45, 2.75) is 38.6 Å². The van der Waals surface area contributed by atoms with Gasteiger partial charge in [0.05, 0.1) is 11.6 Å². The molecule has 0 aliphatic heterocycles. The van der Waals surface area contributed by atoms with Gasteiger partial charge in [-0.25, -0.2) is 4.79 Å². The zero-order valence-electron chi connectivity index (χ0n) is 13.1. The zero-order valence-corrected chi connectivity index (χ0v) is 14.7. The Morgan fingerprint density at radius 1 is 1.36 bits per heavy atom. The molecule has 2 unspecified atom stereocenters. The minimum Gasteiger partial charge on any atom is -0.496 e. The molecule has 0 fully saturated rings. The maximum atomic E-state index is 11.5. The highest BCUT2D eigenvalue weighted by molar-refractivity contribution is 9.10. The third-order valence-electron chi connectivity index (χ3n) is 2.74. The van der Waals surface area contributed by atoms with Crippen molar-refractivity contribution in [2.24, 2.45) is 0 Å². The number of rotatable bonds is 5. The van der Waals surface area contributed by atoms with E-state index in [0.717, 1.165) is 0 Å². The maximum absolute atomic E-state index is 11.5. The average molecular weight is 376 g/mol. The van der Waals surface area contributed by atoms with E-state index >= 15 is 0 Å². The summed E-state index contributed by atoms with van der Waals surface area (Å²) in [6, 6.07) is 4.97. The Hall–Kier alpha value is -1.31. The monoisotopic (exact) mass is 375 g/mol. The summed E-state index contributed by atoms with van der Waals surface area (Å²) in [5.41, 5.74) is -0.111. The van der Waals surface area contributed by atoms with Gasteiger partial charge in [0.15, 0.2) is 0 Å². The van der Waals surface area contributed by atoms with Gasteiger partial charge in [0, 0.05) is 6.54 Å². The van der Waals surface area contributed by atoms with Gasteiger partial charge < -0.3 is 25.0 Å². The van der Waals surface area contributed by atoms with Gasteiger partial charge in [-0.15, -0.1) is 0 Å². The van der Waals surface area contributed by atoms with Crippen LogP contribution in [0.15, 0.2) is 22.7 Å². The molecule has 6 nitrogen and oxygen atoms in total. The summed E-state index contributed by atoms with van der Waals surface area (Å²) in [7, 11) is 1.54. The van der Waals surface area contributed by atoms with E-state index in [9.17, 15) is 15.0 Å². The number of halogens is 1. The van der Waals surface area contributed by atoms with Gasteiger partial charge in [-0.05, 0) is 54.4 Å². The molecule has 1 aromatic carbocycles. The number of ether oxygens (including phenoxy) is 2. The first-order chi connectivity index (χ1) is 10.1. The highest BCUT2D eigenvalue weighted by Crippen LogP contribution is 2.29. The van der Waals surface area contributed by atoms with Gasteiger partial charge in [0.1, 0.15) is 23.6 Å². The number of aliphatic hydroxyl groups is 2. The van der Waals surface area contributed by atoms with Gasteiger partial charge >= 0.3 is 6.09 Å². The first kappa shape index (κ1) is 18.7. The number of carbonyl (C=O) groups excluding carboxylic acids is 1. The van der Waals surface area contributed by atoms with Crippen molar-refractivity contribution < 1.29 is 24.5 Å². The lowest BCUT2D eigenvalue weighted by atomic mass is 10.0. The second-order valence-corrected chi connectivity index (χ2v) is 6.64. The minimum atomic E-state index is -1.16. The predicted octanol–water partition coefficient (Wildman–Crippen LogP) is 2.38. The van der Waals surface area contributed by atoms with E-state index in [1.54, 1.807) is 39.0 Å². The number of hydrogen-bond acceptors (Lipinski definition) is 5. The van der Waals surface area contributed by atoms with Gasteiger partial charge in [-0.1, -0.05) is 6.07 Å². The molecule has 2 atom stereocenters. The zero-order chi connectivity index (χ0) is 16.9. The van der Waals surface area contributed by atoms with E-state index in [0.29, 0.717) is 15.8 Å². The van der Waals surface area contributed by atoms with Crippen LogP contribution in [0.4, 0.5) is 4.79 Å². The summed E-state index contributed by atoms with van der Waals surface area (Å²) in [4.78, 5) is 11.5. The second kappa shape index (κ2) is 7.80. The molecular weight excluding hydrogens is 354 g/mol. The van der Waals surface area contributed by atoms with E-state index in [1.807, 2.05) is 0 Å². The lowest BCUT2D eigenvalue weighted by molar-refractivity contribution is 0.0129. The van der Waals surface area contributed by atoms with Gasteiger partial charge in [-0.2, -0.15) is 0 Å². The SMILES string of the molecule is COc1ccc(C(O)C(O)CNC(=O)OC(C)(C)C)cc1Br. The van der Waals surface area contributed by atoms with Crippen LogP contribution in [-0.4, -0.2) is 41.7 Å². The normalized spacial score (nSPS) is 14.1. The van der Waals surface area contributed by atoms with E-state index in [-0.39, 0.29) is 6.54 Å². The number of methoxy groups -OCH3 is 1. The number of benzene rings is 1. The number of amides is 1. The van der Waals surface area contributed by atoms with Crippen LogP contribution in [0.1, 0.15) is 32.4 Å². The Labute approximate surface area is 138 Å². The van der Waals surface area contributed by atoms with E-state index in [2.05, 4.69) is 21.2 Å². The summed E-state index contributed by atoms with van der Waals surface area (Å²) < 4.78 is 10.8. The fraction of sp³-hybridized carbons (Fsp3) is 0.533. The number of aliphatic hydroxyl groups excluding tert-OH is 2. The van der Waals surface area contributed by atoms with E-state index in [4.69, 9.17) is 9.47 Å². The molecule has 1 aromatic rings. The van der Waals surface area contributed by atoms with Gasteiger partial charge in [-0.3, -0.25) is 0 Å². The van der Waals surface area contributed by atoms with Crippen molar-refractivity contribution in [3.63, 3.8) is 0 Å². The van der Waals surface area contributed by atoms with Crippen molar-refractivity contribution in [3.05, 3.63) is 28.2 Å². The first-order valence-electron chi connectivity index (χ1n) is 6.80. The Kier molecular flexibility index (Phi) is 6.65. The Balaban J connectivity index is 2.60. The number of alkyl carbamates (subject to hydrolysis) is 1. The minimum absolute atomic E-state index is 0.125. The first-order valence-corrected chi connectivity index (χ1v) is 7.59. The molecule has 0 saturated carbocycles. The van der Waals surface area contributed by atoms with E-state index < -0.39 is 23.9 Å². The van der Waals surface area contributed by atoms with Crippen LogP contribution in [0.2, 0.25) is 0 Å². The molecule has 7 heteroatoms. The van der Waals surface area contributed by atoms with Crippen molar-refractivity contribution in [3.8, 4) is 5.75 Å². The molecule has 0 spiro atoms. The third-order valence-corrected chi connectivity index (χ3v) is 3.36. The molecule has 0 aromatic heterocycles. The number of nitrogens with one attached hydrogen (secondary N) is 1. The molecule has 0 saturated heterocycles. The smallest absolute Gasteiger partial charge is 0.407 e. The lowest BCUT2D eigenvalue weighted by Gasteiger charge is -2.22. The van der Waals surface area contributed by atoms with Crippen LogP contribution in [0.5, 0.6) is 5.75 Å². The molecule has 124 valence electrons. The molecule has 1 rings (SSSR count). The van der Waals surface area contributed by atoms with Crippen molar-refractivity contribution >= 4 is 22.0 Å². The number of carbonyl (C=O) groups is 1. The Morgan fingerprint density at radius 2 is 2.00 bits per heavy atom. The van der Waals surface area contributed by atoms with Crippen LogP contribution in [0.25, 0.3) is 0 Å². The Bertz CT molecular complexity index is 515. The quantitative estimate of drug-likeness (QED) is 0.735. The summed E-state index contributed by atoms with van der Waals surface area (Å²) in [6.07, 6.45) is -2.94. The standard InChI is InChI=1S/C15H22BrNO5/c1-15(2,3)22-14(20)17-8-11(18)13(19)9-5-6-12(21-4)10(16)7-9/h5-7,11,13,18-19H,8H2,1-4H3,(H,17,20). The largest absolute Gasteiger partial charge is 0.496 e. The fourth-order valence-electron chi connectivity index (χ4n) is 1.70. The molecule has 0 heterocycles. The summed E-state index contributed by atoms with van der Waals surface area (Å²) >= 11 is 3.31.